The molecule has 0 saturated heterocycles. The van der Waals surface area contributed by atoms with Crippen molar-refractivity contribution < 1.29 is 0 Å². The van der Waals surface area contributed by atoms with Crippen LogP contribution >= 0.6 is 0 Å². The molecule has 1 saturated carbocycles. The van der Waals surface area contributed by atoms with Crippen molar-refractivity contribution in [3.63, 3.8) is 0 Å². The van der Waals surface area contributed by atoms with Gasteiger partial charge in [0.1, 0.15) is 0 Å². The van der Waals surface area contributed by atoms with E-state index in [-0.39, 0.29) is 0 Å². The molecule has 1 N–H and O–H groups in total. The molecule has 1 fully saturated rings. The van der Waals surface area contributed by atoms with Crippen LogP contribution in [-0.4, -0.2) is 16.3 Å². The smallest absolute Gasteiger partial charge is 0.0641 e. The van der Waals surface area contributed by atoms with Crippen molar-refractivity contribution in [3.8, 4) is 0 Å². The van der Waals surface area contributed by atoms with Crippen molar-refractivity contribution in [2.75, 3.05) is 6.54 Å². The second kappa shape index (κ2) is 4.35. The minimum atomic E-state index is 0.933. The van der Waals surface area contributed by atoms with E-state index in [0.29, 0.717) is 0 Å². The maximum atomic E-state index is 4.42. The summed E-state index contributed by atoms with van der Waals surface area (Å²) in [6.07, 6.45) is 4.26. The van der Waals surface area contributed by atoms with E-state index in [9.17, 15) is 0 Å². The maximum absolute atomic E-state index is 4.42. The van der Waals surface area contributed by atoms with Gasteiger partial charge < -0.3 is 5.32 Å². The van der Waals surface area contributed by atoms with Gasteiger partial charge in [0.2, 0.25) is 0 Å². The monoisotopic (exact) mass is 207 g/mol. The molecule has 0 unspecified atom stereocenters. The third-order valence-corrected chi connectivity index (χ3v) is 3.62. The zero-order chi connectivity index (χ0) is 10.8. The molecule has 0 bridgehead atoms. The third-order valence-electron chi connectivity index (χ3n) is 3.62. The highest BCUT2D eigenvalue weighted by atomic mass is 15.3. The molecule has 1 heterocycles. The van der Waals surface area contributed by atoms with E-state index < -0.39 is 0 Å². The Morgan fingerprint density at radius 3 is 2.60 bits per heavy atom. The average Bonchev–Trinajstić information content (AvgIpc) is 2.35. The largest absolute Gasteiger partial charge is 0.312 e. The van der Waals surface area contributed by atoms with Gasteiger partial charge in [-0.15, -0.1) is 0 Å². The maximum Gasteiger partial charge on any atom is 0.0641 e. The zero-order valence-corrected chi connectivity index (χ0v) is 10.0. The summed E-state index contributed by atoms with van der Waals surface area (Å²) in [5.74, 6) is 0.933. The van der Waals surface area contributed by atoms with Gasteiger partial charge in [0.05, 0.1) is 5.69 Å². The highest BCUT2D eigenvalue weighted by Gasteiger charge is 2.17. The molecule has 0 atom stereocenters. The Kier molecular flexibility index (Phi) is 3.10. The Balaban J connectivity index is 1.86. The van der Waals surface area contributed by atoms with Crippen LogP contribution in [-0.2, 0) is 13.6 Å². The normalized spacial score (nSPS) is 16.7. The standard InChI is InChI=1S/C12H21N3/c1-9-12(10(2)15(3)14-9)8-13-7-11-5-4-6-11/h11,13H,4-8H2,1-3H3. The lowest BCUT2D eigenvalue weighted by molar-refractivity contribution is 0.301. The van der Waals surface area contributed by atoms with Crippen LogP contribution in [0.15, 0.2) is 0 Å². The summed E-state index contributed by atoms with van der Waals surface area (Å²) in [5.41, 5.74) is 3.82. The first-order valence-electron chi connectivity index (χ1n) is 5.88. The van der Waals surface area contributed by atoms with Gasteiger partial charge in [-0.2, -0.15) is 5.10 Å². The van der Waals surface area contributed by atoms with Crippen molar-refractivity contribution >= 4 is 0 Å². The van der Waals surface area contributed by atoms with Crippen molar-refractivity contribution in [3.05, 3.63) is 17.0 Å². The minimum Gasteiger partial charge on any atom is -0.312 e. The quantitative estimate of drug-likeness (QED) is 0.817. The fourth-order valence-corrected chi connectivity index (χ4v) is 2.17. The van der Waals surface area contributed by atoms with E-state index in [1.165, 1.54) is 37.1 Å². The number of nitrogens with zero attached hydrogens (tertiary/aromatic N) is 2. The van der Waals surface area contributed by atoms with E-state index in [1.807, 2.05) is 11.7 Å². The van der Waals surface area contributed by atoms with Crippen LogP contribution in [0.2, 0.25) is 0 Å². The summed E-state index contributed by atoms with van der Waals surface area (Å²) in [6.45, 7) is 6.38. The molecule has 3 heteroatoms. The summed E-state index contributed by atoms with van der Waals surface area (Å²) in [4.78, 5) is 0. The first-order valence-corrected chi connectivity index (χ1v) is 5.88. The summed E-state index contributed by atoms with van der Waals surface area (Å²) in [5, 5.41) is 7.96. The van der Waals surface area contributed by atoms with Crippen molar-refractivity contribution in [1.29, 1.82) is 0 Å². The molecule has 3 nitrogen and oxygen atoms in total. The Labute approximate surface area is 91.9 Å². The van der Waals surface area contributed by atoms with Crippen LogP contribution in [0.1, 0.15) is 36.2 Å². The van der Waals surface area contributed by atoms with Gasteiger partial charge in [0, 0.05) is 24.8 Å². The number of aryl methyl sites for hydroxylation is 2. The van der Waals surface area contributed by atoms with Gasteiger partial charge in [-0.1, -0.05) is 6.42 Å². The van der Waals surface area contributed by atoms with Crippen LogP contribution < -0.4 is 5.32 Å². The van der Waals surface area contributed by atoms with Crippen LogP contribution in [0, 0.1) is 19.8 Å². The number of nitrogens with one attached hydrogen (secondary N) is 1. The van der Waals surface area contributed by atoms with Crippen LogP contribution in [0.25, 0.3) is 0 Å². The molecule has 0 aliphatic heterocycles. The number of hydrogen-bond acceptors (Lipinski definition) is 2. The van der Waals surface area contributed by atoms with E-state index in [4.69, 9.17) is 0 Å². The Morgan fingerprint density at radius 1 is 1.40 bits per heavy atom. The van der Waals surface area contributed by atoms with E-state index in [2.05, 4.69) is 24.3 Å². The summed E-state index contributed by atoms with van der Waals surface area (Å²) >= 11 is 0. The number of aromatic nitrogens is 2. The van der Waals surface area contributed by atoms with E-state index >= 15 is 0 Å². The SMILES string of the molecule is Cc1nn(C)c(C)c1CNCC1CCC1. The van der Waals surface area contributed by atoms with Gasteiger partial charge in [0.15, 0.2) is 0 Å². The lowest BCUT2D eigenvalue weighted by Gasteiger charge is -2.25. The molecule has 0 radical (unpaired) electrons. The molecule has 2 rings (SSSR count). The van der Waals surface area contributed by atoms with Gasteiger partial charge in [-0.25, -0.2) is 0 Å². The first kappa shape index (κ1) is 10.7. The molecular formula is C12H21N3. The minimum absolute atomic E-state index is 0.933. The Hall–Kier alpha value is -0.830. The fourth-order valence-electron chi connectivity index (χ4n) is 2.17. The summed E-state index contributed by atoms with van der Waals surface area (Å²) < 4.78 is 1.97. The fraction of sp³-hybridized carbons (Fsp3) is 0.750. The van der Waals surface area contributed by atoms with Crippen molar-refractivity contribution in [2.45, 2.75) is 39.7 Å². The molecule has 1 aliphatic rings. The predicted molar refractivity (Wildman–Crippen MR) is 61.7 cm³/mol. The molecule has 84 valence electrons. The van der Waals surface area contributed by atoms with Gasteiger partial charge >= 0.3 is 0 Å². The lowest BCUT2D eigenvalue weighted by Crippen LogP contribution is -2.27. The molecular weight excluding hydrogens is 186 g/mol. The topological polar surface area (TPSA) is 29.9 Å². The number of rotatable bonds is 4. The molecule has 1 aromatic heterocycles. The highest BCUT2D eigenvalue weighted by Crippen LogP contribution is 2.25. The number of hydrogen-bond donors (Lipinski definition) is 1. The molecule has 0 aromatic carbocycles. The van der Waals surface area contributed by atoms with Crippen LogP contribution in [0.4, 0.5) is 0 Å². The summed E-state index contributed by atoms with van der Waals surface area (Å²) in [7, 11) is 2.01. The van der Waals surface area contributed by atoms with Gasteiger partial charge in [-0.05, 0) is 39.2 Å². The molecule has 1 aliphatic carbocycles. The van der Waals surface area contributed by atoms with Crippen molar-refractivity contribution in [2.24, 2.45) is 13.0 Å². The zero-order valence-electron chi connectivity index (χ0n) is 10.0. The van der Waals surface area contributed by atoms with Gasteiger partial charge in [0.25, 0.3) is 0 Å². The van der Waals surface area contributed by atoms with Crippen LogP contribution in [0.3, 0.4) is 0 Å². The second-order valence-electron chi connectivity index (χ2n) is 4.70. The lowest BCUT2D eigenvalue weighted by atomic mass is 9.85. The predicted octanol–water partition coefficient (Wildman–Crippen LogP) is 1.93. The van der Waals surface area contributed by atoms with Crippen LogP contribution in [0.5, 0.6) is 0 Å². The second-order valence-corrected chi connectivity index (χ2v) is 4.70. The highest BCUT2D eigenvalue weighted by molar-refractivity contribution is 5.23. The van der Waals surface area contributed by atoms with E-state index in [1.54, 1.807) is 0 Å². The average molecular weight is 207 g/mol. The Morgan fingerprint density at radius 2 is 2.13 bits per heavy atom. The third kappa shape index (κ3) is 2.23. The molecule has 1 aromatic rings. The van der Waals surface area contributed by atoms with E-state index in [0.717, 1.165) is 18.2 Å². The van der Waals surface area contributed by atoms with Gasteiger partial charge in [-0.3, -0.25) is 4.68 Å². The summed E-state index contributed by atoms with van der Waals surface area (Å²) in [6, 6.07) is 0. The first-order chi connectivity index (χ1) is 7.18. The Bertz CT molecular complexity index is 337. The van der Waals surface area contributed by atoms with Crippen molar-refractivity contribution in [1.82, 2.24) is 15.1 Å². The molecule has 0 spiro atoms. The molecule has 15 heavy (non-hydrogen) atoms. The molecule has 0 amide bonds.